The van der Waals surface area contributed by atoms with Crippen LogP contribution in [-0.4, -0.2) is 29.1 Å². The summed E-state index contributed by atoms with van der Waals surface area (Å²) in [6, 6.07) is 2.48. The Morgan fingerprint density at radius 2 is 2.00 bits per heavy atom. The molecular formula is C14H24N4. The minimum atomic E-state index is 0.452. The lowest BCUT2D eigenvalue weighted by Gasteiger charge is -2.27. The lowest BCUT2D eigenvalue weighted by Crippen LogP contribution is -2.31. The van der Waals surface area contributed by atoms with Crippen molar-refractivity contribution in [2.24, 2.45) is 0 Å². The first-order valence-electron chi connectivity index (χ1n) is 7.06. The van der Waals surface area contributed by atoms with Crippen molar-refractivity contribution in [3.63, 3.8) is 0 Å². The molecule has 4 nitrogen and oxygen atoms in total. The van der Waals surface area contributed by atoms with Gasteiger partial charge in [0.05, 0.1) is 0 Å². The van der Waals surface area contributed by atoms with Crippen LogP contribution in [0.3, 0.4) is 0 Å². The van der Waals surface area contributed by atoms with E-state index >= 15 is 0 Å². The van der Waals surface area contributed by atoms with E-state index in [1.54, 1.807) is 0 Å². The van der Waals surface area contributed by atoms with Crippen molar-refractivity contribution in [1.29, 1.82) is 0 Å². The van der Waals surface area contributed by atoms with E-state index in [1.165, 1.54) is 19.3 Å². The van der Waals surface area contributed by atoms with E-state index in [0.717, 1.165) is 37.0 Å². The molecule has 0 saturated carbocycles. The number of rotatable bonds is 4. The van der Waals surface area contributed by atoms with E-state index < -0.39 is 0 Å². The fraction of sp³-hybridized carbons (Fsp3) is 0.714. The molecule has 0 aromatic carbocycles. The largest absolute Gasteiger partial charge is 0.367 e. The summed E-state index contributed by atoms with van der Waals surface area (Å²) in [7, 11) is 0. The molecule has 0 radical (unpaired) electrons. The molecule has 0 aliphatic carbocycles. The summed E-state index contributed by atoms with van der Waals surface area (Å²) in [5.41, 5.74) is 1.04. The third kappa shape index (κ3) is 3.34. The lowest BCUT2D eigenvalue weighted by atomic mass is 10.1. The van der Waals surface area contributed by atoms with Gasteiger partial charge in [0, 0.05) is 30.9 Å². The molecule has 1 aliphatic heterocycles. The van der Waals surface area contributed by atoms with Gasteiger partial charge in [-0.15, -0.1) is 0 Å². The fourth-order valence-electron chi connectivity index (χ4n) is 2.22. The Balaban J connectivity index is 2.14. The summed E-state index contributed by atoms with van der Waals surface area (Å²) in [5.74, 6) is 1.85. The van der Waals surface area contributed by atoms with Crippen molar-refractivity contribution in [3.8, 4) is 0 Å². The van der Waals surface area contributed by atoms with Crippen LogP contribution in [0.5, 0.6) is 0 Å². The van der Waals surface area contributed by atoms with Gasteiger partial charge in [-0.05, 0) is 39.5 Å². The molecule has 1 saturated heterocycles. The van der Waals surface area contributed by atoms with Gasteiger partial charge < -0.3 is 10.2 Å². The topological polar surface area (TPSA) is 41.1 Å². The van der Waals surface area contributed by atoms with E-state index in [2.05, 4.69) is 34.0 Å². The second-order valence-electron chi connectivity index (χ2n) is 5.20. The Labute approximate surface area is 110 Å². The van der Waals surface area contributed by atoms with E-state index in [1.807, 2.05) is 13.0 Å². The molecule has 1 unspecified atom stereocenters. The Morgan fingerprint density at radius 1 is 1.28 bits per heavy atom. The van der Waals surface area contributed by atoms with Crippen LogP contribution in [0.4, 0.5) is 11.8 Å². The first kappa shape index (κ1) is 13.1. The number of piperidine rings is 1. The number of hydrogen-bond donors (Lipinski definition) is 1. The van der Waals surface area contributed by atoms with Crippen molar-refractivity contribution in [2.45, 2.75) is 52.5 Å². The van der Waals surface area contributed by atoms with Crippen LogP contribution in [0.25, 0.3) is 0 Å². The van der Waals surface area contributed by atoms with E-state index in [9.17, 15) is 0 Å². The zero-order valence-electron chi connectivity index (χ0n) is 11.7. The highest BCUT2D eigenvalue weighted by Gasteiger charge is 2.14. The van der Waals surface area contributed by atoms with Crippen molar-refractivity contribution in [2.75, 3.05) is 23.3 Å². The summed E-state index contributed by atoms with van der Waals surface area (Å²) in [5, 5.41) is 3.43. The predicted octanol–water partition coefficient (Wildman–Crippen LogP) is 2.99. The number of hydrogen-bond acceptors (Lipinski definition) is 4. The molecule has 1 aromatic heterocycles. The first-order valence-corrected chi connectivity index (χ1v) is 7.06. The molecule has 1 fully saturated rings. The minimum Gasteiger partial charge on any atom is -0.367 e. The second-order valence-corrected chi connectivity index (χ2v) is 5.20. The molecule has 1 N–H and O–H groups in total. The van der Waals surface area contributed by atoms with Crippen molar-refractivity contribution < 1.29 is 0 Å². The number of aromatic nitrogens is 2. The maximum atomic E-state index is 4.65. The molecule has 18 heavy (non-hydrogen) atoms. The van der Waals surface area contributed by atoms with E-state index in [0.29, 0.717) is 6.04 Å². The van der Waals surface area contributed by atoms with Gasteiger partial charge in [0.1, 0.15) is 5.82 Å². The summed E-state index contributed by atoms with van der Waals surface area (Å²) in [6.07, 6.45) is 4.94. The molecule has 0 amide bonds. The van der Waals surface area contributed by atoms with Crippen molar-refractivity contribution in [3.05, 3.63) is 11.8 Å². The fourth-order valence-corrected chi connectivity index (χ4v) is 2.22. The average Bonchev–Trinajstić information content (AvgIpc) is 2.39. The number of anilines is 2. The molecule has 0 bridgehead atoms. The summed E-state index contributed by atoms with van der Waals surface area (Å²) < 4.78 is 0. The predicted molar refractivity (Wildman–Crippen MR) is 76.2 cm³/mol. The van der Waals surface area contributed by atoms with Gasteiger partial charge >= 0.3 is 0 Å². The Morgan fingerprint density at radius 3 is 2.67 bits per heavy atom. The third-order valence-electron chi connectivity index (χ3n) is 3.49. The van der Waals surface area contributed by atoms with Gasteiger partial charge in [-0.2, -0.15) is 4.98 Å². The Bertz CT molecular complexity index is 385. The van der Waals surface area contributed by atoms with Crippen LogP contribution in [0, 0.1) is 6.92 Å². The normalized spacial score (nSPS) is 17.6. The molecule has 1 aliphatic rings. The van der Waals surface area contributed by atoms with Crippen LogP contribution < -0.4 is 10.2 Å². The molecule has 2 rings (SSSR count). The Hall–Kier alpha value is -1.32. The molecular weight excluding hydrogens is 224 g/mol. The van der Waals surface area contributed by atoms with E-state index in [-0.39, 0.29) is 0 Å². The number of nitrogens with one attached hydrogen (secondary N) is 1. The smallest absolute Gasteiger partial charge is 0.227 e. The minimum absolute atomic E-state index is 0.452. The van der Waals surface area contributed by atoms with Crippen molar-refractivity contribution >= 4 is 11.8 Å². The maximum absolute atomic E-state index is 4.65. The van der Waals surface area contributed by atoms with Crippen LogP contribution in [0.15, 0.2) is 6.07 Å². The van der Waals surface area contributed by atoms with Gasteiger partial charge in [-0.3, -0.25) is 0 Å². The third-order valence-corrected chi connectivity index (χ3v) is 3.49. The van der Waals surface area contributed by atoms with E-state index in [4.69, 9.17) is 0 Å². The summed E-state index contributed by atoms with van der Waals surface area (Å²) in [6.45, 7) is 8.57. The van der Waals surface area contributed by atoms with Crippen LogP contribution in [0.1, 0.15) is 45.2 Å². The molecule has 1 aromatic rings. The van der Waals surface area contributed by atoms with Gasteiger partial charge in [0.2, 0.25) is 5.95 Å². The zero-order chi connectivity index (χ0) is 13.0. The molecule has 100 valence electrons. The van der Waals surface area contributed by atoms with Crippen LogP contribution in [0.2, 0.25) is 0 Å². The van der Waals surface area contributed by atoms with Gasteiger partial charge in [-0.25, -0.2) is 4.98 Å². The molecule has 0 spiro atoms. The summed E-state index contributed by atoms with van der Waals surface area (Å²) in [4.78, 5) is 11.5. The first-order chi connectivity index (χ1) is 8.69. The lowest BCUT2D eigenvalue weighted by molar-refractivity contribution is 0.567. The maximum Gasteiger partial charge on any atom is 0.227 e. The van der Waals surface area contributed by atoms with Crippen molar-refractivity contribution in [1.82, 2.24) is 9.97 Å². The van der Waals surface area contributed by atoms with Gasteiger partial charge in [0.25, 0.3) is 0 Å². The molecule has 1 atom stereocenters. The standard InChI is InChI=1S/C14H24N4/c1-4-11(2)15-13-10-12(3)16-14(17-13)18-8-6-5-7-9-18/h10-11H,4-9H2,1-3H3,(H,15,16,17). The molecule has 4 heteroatoms. The zero-order valence-corrected chi connectivity index (χ0v) is 11.7. The van der Waals surface area contributed by atoms with Gasteiger partial charge in [-0.1, -0.05) is 6.92 Å². The highest BCUT2D eigenvalue weighted by molar-refractivity contribution is 5.44. The Kier molecular flexibility index (Phi) is 4.39. The van der Waals surface area contributed by atoms with Crippen LogP contribution >= 0.6 is 0 Å². The molecule has 2 heterocycles. The monoisotopic (exact) mass is 248 g/mol. The summed E-state index contributed by atoms with van der Waals surface area (Å²) >= 11 is 0. The number of nitrogens with zero attached hydrogens (tertiary/aromatic N) is 3. The quantitative estimate of drug-likeness (QED) is 0.889. The average molecular weight is 248 g/mol. The SMILES string of the molecule is CCC(C)Nc1cc(C)nc(N2CCCCC2)n1. The number of aryl methyl sites for hydroxylation is 1. The highest BCUT2D eigenvalue weighted by Crippen LogP contribution is 2.18. The van der Waals surface area contributed by atoms with Crippen LogP contribution in [-0.2, 0) is 0 Å². The van der Waals surface area contributed by atoms with Gasteiger partial charge in [0.15, 0.2) is 0 Å². The second kappa shape index (κ2) is 6.03. The highest BCUT2D eigenvalue weighted by atomic mass is 15.3.